The van der Waals surface area contributed by atoms with Crippen LogP contribution in [0.25, 0.3) is 0 Å². The topological polar surface area (TPSA) is 40.6 Å². The van der Waals surface area contributed by atoms with Crippen molar-refractivity contribution in [2.24, 2.45) is 11.8 Å². The number of rotatable bonds is 4. The van der Waals surface area contributed by atoms with Crippen LogP contribution in [0.1, 0.15) is 50.0 Å². The van der Waals surface area contributed by atoms with Crippen molar-refractivity contribution in [3.05, 3.63) is 35.6 Å². The molecule has 3 fully saturated rings. The molecule has 0 radical (unpaired) electrons. The van der Waals surface area contributed by atoms with Crippen molar-refractivity contribution >= 4 is 23.6 Å². The fourth-order valence-electron chi connectivity index (χ4n) is 4.31. The third kappa shape index (κ3) is 3.86. The molecule has 2 amide bonds. The second kappa shape index (κ2) is 7.82. The Balaban J connectivity index is 1.38. The highest BCUT2D eigenvalue weighted by Crippen LogP contribution is 2.44. The van der Waals surface area contributed by atoms with Gasteiger partial charge in [0.25, 0.3) is 0 Å². The molecule has 0 N–H and O–H groups in total. The fraction of sp³-hybridized carbons (Fsp3) is 0.619. The lowest BCUT2D eigenvalue weighted by atomic mass is 9.83. The summed E-state index contributed by atoms with van der Waals surface area (Å²) >= 11 is 1.60. The molecule has 2 aliphatic heterocycles. The SMILES string of the molecule is CC1SC(c2cccc(F)c2)N(CC2CCN(C(=O)C3CCC3)CC2)C1=O. The molecule has 4 nitrogen and oxygen atoms in total. The Labute approximate surface area is 164 Å². The van der Waals surface area contributed by atoms with Crippen molar-refractivity contribution in [3.8, 4) is 0 Å². The first kappa shape index (κ1) is 18.8. The average Bonchev–Trinajstić information content (AvgIpc) is 2.89. The summed E-state index contributed by atoms with van der Waals surface area (Å²) < 4.78 is 13.7. The van der Waals surface area contributed by atoms with E-state index in [1.165, 1.54) is 18.6 Å². The molecule has 2 saturated heterocycles. The molecule has 0 aromatic heterocycles. The van der Waals surface area contributed by atoms with Gasteiger partial charge < -0.3 is 9.80 Å². The molecule has 2 heterocycles. The molecule has 1 aromatic carbocycles. The van der Waals surface area contributed by atoms with Gasteiger partial charge >= 0.3 is 0 Å². The number of hydrogen-bond donors (Lipinski definition) is 0. The Morgan fingerprint density at radius 3 is 2.59 bits per heavy atom. The Kier molecular flexibility index (Phi) is 5.44. The molecule has 0 bridgehead atoms. The zero-order chi connectivity index (χ0) is 19.0. The molecule has 146 valence electrons. The van der Waals surface area contributed by atoms with Gasteiger partial charge in [0.2, 0.25) is 11.8 Å². The first-order chi connectivity index (χ1) is 13.0. The van der Waals surface area contributed by atoms with E-state index in [0.717, 1.165) is 44.3 Å². The smallest absolute Gasteiger partial charge is 0.236 e. The molecular weight excluding hydrogens is 363 g/mol. The highest BCUT2D eigenvalue weighted by molar-refractivity contribution is 8.01. The van der Waals surface area contributed by atoms with Crippen LogP contribution in [0, 0.1) is 17.7 Å². The van der Waals surface area contributed by atoms with E-state index >= 15 is 0 Å². The van der Waals surface area contributed by atoms with Crippen LogP contribution in [0.2, 0.25) is 0 Å². The summed E-state index contributed by atoms with van der Waals surface area (Å²) in [5.74, 6) is 0.876. The lowest BCUT2D eigenvalue weighted by Crippen LogP contribution is -2.45. The highest BCUT2D eigenvalue weighted by atomic mass is 32.2. The number of halogens is 1. The summed E-state index contributed by atoms with van der Waals surface area (Å²) in [6.45, 7) is 4.23. The van der Waals surface area contributed by atoms with Crippen molar-refractivity contribution in [1.82, 2.24) is 9.80 Å². The van der Waals surface area contributed by atoms with Crippen molar-refractivity contribution in [3.63, 3.8) is 0 Å². The van der Waals surface area contributed by atoms with Gasteiger partial charge in [-0.3, -0.25) is 9.59 Å². The molecule has 0 spiro atoms. The first-order valence-electron chi connectivity index (χ1n) is 10.0. The lowest BCUT2D eigenvalue weighted by Gasteiger charge is -2.38. The minimum atomic E-state index is -0.261. The Bertz CT molecular complexity index is 716. The van der Waals surface area contributed by atoms with Crippen LogP contribution in [0.5, 0.6) is 0 Å². The minimum Gasteiger partial charge on any atom is -0.342 e. The van der Waals surface area contributed by atoms with Gasteiger partial charge in [-0.25, -0.2) is 4.39 Å². The summed E-state index contributed by atoms with van der Waals surface area (Å²) in [5, 5.41) is -0.212. The number of carbonyl (C=O) groups excluding carboxylic acids is 2. The maximum Gasteiger partial charge on any atom is 0.236 e. The molecule has 1 aliphatic carbocycles. The van der Waals surface area contributed by atoms with E-state index in [9.17, 15) is 14.0 Å². The van der Waals surface area contributed by atoms with E-state index in [2.05, 4.69) is 0 Å². The predicted molar refractivity (Wildman–Crippen MR) is 105 cm³/mol. The van der Waals surface area contributed by atoms with Gasteiger partial charge in [-0.05, 0) is 56.2 Å². The lowest BCUT2D eigenvalue weighted by molar-refractivity contribution is -0.140. The molecule has 3 aliphatic rings. The predicted octanol–water partition coefficient (Wildman–Crippen LogP) is 3.83. The number of likely N-dealkylation sites (tertiary alicyclic amines) is 1. The van der Waals surface area contributed by atoms with Gasteiger partial charge in [0, 0.05) is 25.6 Å². The number of piperidine rings is 1. The van der Waals surface area contributed by atoms with Crippen molar-refractivity contribution in [2.45, 2.75) is 49.7 Å². The number of carbonyl (C=O) groups is 2. The van der Waals surface area contributed by atoms with Crippen LogP contribution < -0.4 is 0 Å². The standard InChI is InChI=1S/C21H27FN2O2S/c1-14-19(25)24(21(27-14)17-6-3-7-18(22)12-17)13-15-8-10-23(11-9-15)20(26)16-4-2-5-16/h3,6-7,12,14-16,21H,2,4-5,8-11,13H2,1H3. The third-order valence-electron chi connectivity index (χ3n) is 6.22. The number of thioether (sulfide) groups is 1. The molecule has 2 unspecified atom stereocenters. The number of hydrogen-bond acceptors (Lipinski definition) is 3. The minimum absolute atomic E-state index is 0.0986. The number of benzene rings is 1. The van der Waals surface area contributed by atoms with Crippen molar-refractivity contribution in [1.29, 1.82) is 0 Å². The van der Waals surface area contributed by atoms with Gasteiger partial charge in [-0.1, -0.05) is 18.6 Å². The van der Waals surface area contributed by atoms with Crippen LogP contribution in [0.4, 0.5) is 4.39 Å². The van der Waals surface area contributed by atoms with Crippen molar-refractivity contribution in [2.75, 3.05) is 19.6 Å². The normalized spacial score (nSPS) is 27.1. The summed E-state index contributed by atoms with van der Waals surface area (Å²) in [5.41, 5.74) is 0.857. The summed E-state index contributed by atoms with van der Waals surface area (Å²) in [6.07, 6.45) is 5.16. The Morgan fingerprint density at radius 1 is 1.22 bits per heavy atom. The maximum absolute atomic E-state index is 13.7. The van der Waals surface area contributed by atoms with Gasteiger partial charge in [-0.15, -0.1) is 11.8 Å². The van der Waals surface area contributed by atoms with E-state index in [1.807, 2.05) is 22.8 Å². The maximum atomic E-state index is 13.7. The van der Waals surface area contributed by atoms with Gasteiger partial charge in [-0.2, -0.15) is 0 Å². The first-order valence-corrected chi connectivity index (χ1v) is 11.0. The fourth-order valence-corrected chi connectivity index (χ4v) is 5.59. The summed E-state index contributed by atoms with van der Waals surface area (Å²) in [7, 11) is 0. The number of amides is 2. The van der Waals surface area contributed by atoms with E-state index in [-0.39, 0.29) is 28.3 Å². The second-order valence-electron chi connectivity index (χ2n) is 8.07. The molecular formula is C21H27FN2O2S. The van der Waals surface area contributed by atoms with Gasteiger partial charge in [0.1, 0.15) is 11.2 Å². The number of nitrogens with zero attached hydrogens (tertiary/aromatic N) is 2. The average molecular weight is 391 g/mol. The van der Waals surface area contributed by atoms with Crippen molar-refractivity contribution < 1.29 is 14.0 Å². The Morgan fingerprint density at radius 2 is 1.96 bits per heavy atom. The summed E-state index contributed by atoms with van der Waals surface area (Å²) in [4.78, 5) is 29.1. The van der Waals surface area contributed by atoms with Crippen LogP contribution in [-0.2, 0) is 9.59 Å². The van der Waals surface area contributed by atoms with E-state index < -0.39 is 0 Å². The molecule has 27 heavy (non-hydrogen) atoms. The third-order valence-corrected chi connectivity index (χ3v) is 7.61. The zero-order valence-electron chi connectivity index (χ0n) is 15.8. The van der Waals surface area contributed by atoms with Crippen LogP contribution >= 0.6 is 11.8 Å². The van der Waals surface area contributed by atoms with E-state index in [0.29, 0.717) is 18.4 Å². The van der Waals surface area contributed by atoms with Crippen LogP contribution in [0.3, 0.4) is 0 Å². The molecule has 1 aromatic rings. The van der Waals surface area contributed by atoms with Crippen LogP contribution in [0.15, 0.2) is 24.3 Å². The van der Waals surface area contributed by atoms with E-state index in [4.69, 9.17) is 0 Å². The monoisotopic (exact) mass is 390 g/mol. The van der Waals surface area contributed by atoms with Gasteiger partial charge in [0.15, 0.2) is 0 Å². The molecule has 4 rings (SSSR count). The largest absolute Gasteiger partial charge is 0.342 e. The van der Waals surface area contributed by atoms with E-state index in [1.54, 1.807) is 17.8 Å². The van der Waals surface area contributed by atoms with Gasteiger partial charge in [0.05, 0.1) is 5.25 Å². The molecule has 6 heteroatoms. The molecule has 1 saturated carbocycles. The highest BCUT2D eigenvalue weighted by Gasteiger charge is 2.40. The second-order valence-corrected chi connectivity index (χ2v) is 9.50. The summed E-state index contributed by atoms with van der Waals surface area (Å²) in [6, 6.07) is 6.59. The zero-order valence-corrected chi connectivity index (χ0v) is 16.6. The van der Waals surface area contributed by atoms with Crippen LogP contribution in [-0.4, -0.2) is 46.5 Å². The Hall–Kier alpha value is -1.56. The molecule has 2 atom stereocenters. The quantitative estimate of drug-likeness (QED) is 0.785.